The molecule has 7 heavy (non-hydrogen) atoms. The van der Waals surface area contributed by atoms with Gasteiger partial charge < -0.3 is 0 Å². The Morgan fingerprint density at radius 2 is 2.71 bits per heavy atom. The first-order valence-corrected chi connectivity index (χ1v) is 2.05. The van der Waals surface area contributed by atoms with Gasteiger partial charge in [-0.25, -0.2) is 4.84 Å². The van der Waals surface area contributed by atoms with Crippen LogP contribution in [0.2, 0.25) is 0 Å². The van der Waals surface area contributed by atoms with Gasteiger partial charge in [0.05, 0.1) is 4.91 Å². The van der Waals surface area contributed by atoms with Gasteiger partial charge in [0, 0.05) is 5.57 Å². The first kappa shape index (κ1) is 4.30. The molecule has 0 fully saturated rings. The van der Waals surface area contributed by atoms with E-state index in [9.17, 15) is 4.91 Å². The number of rotatable bonds is 0. The van der Waals surface area contributed by atoms with Crippen molar-refractivity contribution in [3.05, 3.63) is 16.7 Å². The van der Waals surface area contributed by atoms with Gasteiger partial charge in [0.1, 0.15) is 0 Å². The second-order valence-corrected chi connectivity index (χ2v) is 1.53. The lowest BCUT2D eigenvalue weighted by atomic mass is 10.4. The zero-order valence-corrected chi connectivity index (χ0v) is 4.05. The van der Waals surface area contributed by atoms with Crippen LogP contribution in [0.25, 0.3) is 0 Å². The summed E-state index contributed by atoms with van der Waals surface area (Å²) in [4.78, 5) is 15.0. The number of hydrogen-bond acceptors (Lipinski definition) is 2. The largest absolute Gasteiger partial charge is 0.284 e. The third-order valence-electron chi connectivity index (χ3n) is 0.745. The Labute approximate surface area is 41.1 Å². The molecule has 3 heteroatoms. The second-order valence-electron chi connectivity index (χ2n) is 1.53. The van der Waals surface area contributed by atoms with Crippen molar-refractivity contribution in [2.24, 2.45) is 0 Å². The van der Waals surface area contributed by atoms with Crippen molar-refractivity contribution in [3.8, 4) is 0 Å². The van der Waals surface area contributed by atoms with E-state index in [4.69, 9.17) is 0 Å². The highest BCUT2D eigenvalue weighted by Gasteiger charge is 2.15. The summed E-state index contributed by atoms with van der Waals surface area (Å²) in [7, 11) is 0. The quantitative estimate of drug-likeness (QED) is 0.446. The standard InChI is InChI=1S/C4H6NO2/c1-4-2-5(6)7-3-4/h2H,3H2,1H3/q+1. The molecule has 0 aliphatic carbocycles. The summed E-state index contributed by atoms with van der Waals surface area (Å²) in [5, 5.41) is 0. The molecule has 0 bridgehead atoms. The smallest absolute Gasteiger partial charge is 0.222 e. The molecule has 0 aromatic carbocycles. The van der Waals surface area contributed by atoms with Gasteiger partial charge in [0.2, 0.25) is 0 Å². The molecular formula is C4H6NO2+. The summed E-state index contributed by atoms with van der Waals surface area (Å²) in [6, 6.07) is 0. The minimum absolute atomic E-state index is 0.448. The van der Waals surface area contributed by atoms with E-state index >= 15 is 0 Å². The molecule has 0 spiro atoms. The maximum atomic E-state index is 10.1. The Bertz CT molecular complexity index is 128. The van der Waals surface area contributed by atoms with Crippen molar-refractivity contribution in [2.75, 3.05) is 6.61 Å². The molecule has 1 rings (SSSR count). The Hall–Kier alpha value is -0.860. The lowest BCUT2D eigenvalue weighted by Crippen LogP contribution is -1.91. The monoisotopic (exact) mass is 100 g/mol. The van der Waals surface area contributed by atoms with Crippen molar-refractivity contribution in [3.63, 3.8) is 0 Å². The predicted octanol–water partition coefficient (Wildman–Crippen LogP) is 0.614. The molecule has 0 saturated heterocycles. The van der Waals surface area contributed by atoms with Crippen LogP contribution in [-0.2, 0) is 4.84 Å². The molecule has 0 radical (unpaired) electrons. The number of nitrogens with zero attached hydrogens (tertiary/aromatic N) is 1. The van der Waals surface area contributed by atoms with Crippen LogP contribution in [-0.4, -0.2) is 11.5 Å². The fourth-order valence-corrected chi connectivity index (χ4v) is 0.420. The first-order chi connectivity index (χ1) is 3.29. The summed E-state index contributed by atoms with van der Waals surface area (Å²) in [5.41, 5.74) is 0.968. The average molecular weight is 100 g/mol. The third-order valence-corrected chi connectivity index (χ3v) is 0.745. The van der Waals surface area contributed by atoms with Gasteiger partial charge in [0.25, 0.3) is 11.1 Å². The Balaban J connectivity index is 2.67. The van der Waals surface area contributed by atoms with E-state index < -0.39 is 0 Å². The van der Waals surface area contributed by atoms with E-state index in [0.29, 0.717) is 11.5 Å². The molecule has 0 aromatic heterocycles. The zero-order valence-electron chi connectivity index (χ0n) is 4.05. The van der Waals surface area contributed by atoms with Crippen LogP contribution in [0.1, 0.15) is 6.92 Å². The topological polar surface area (TPSA) is 29.3 Å². The molecule has 0 amide bonds. The molecule has 0 N–H and O–H groups in total. The van der Waals surface area contributed by atoms with Gasteiger partial charge in [0.15, 0.2) is 6.61 Å². The lowest BCUT2D eigenvalue weighted by molar-refractivity contribution is -0.744. The van der Waals surface area contributed by atoms with Crippen LogP contribution in [0, 0.1) is 4.91 Å². The fraction of sp³-hybridized carbons (Fsp3) is 0.500. The van der Waals surface area contributed by atoms with Gasteiger partial charge in [-0.1, -0.05) is 0 Å². The average Bonchev–Trinajstić information content (AvgIpc) is 1.87. The second kappa shape index (κ2) is 1.33. The Morgan fingerprint density at radius 1 is 2.00 bits per heavy atom. The molecule has 1 aliphatic heterocycles. The van der Waals surface area contributed by atoms with E-state index in [1.165, 1.54) is 6.20 Å². The van der Waals surface area contributed by atoms with Crippen molar-refractivity contribution >= 4 is 0 Å². The Kier molecular flexibility index (Phi) is 0.817. The van der Waals surface area contributed by atoms with Crippen molar-refractivity contribution in [2.45, 2.75) is 6.92 Å². The van der Waals surface area contributed by atoms with Crippen LogP contribution in [0.4, 0.5) is 0 Å². The first-order valence-electron chi connectivity index (χ1n) is 2.05. The van der Waals surface area contributed by atoms with Crippen LogP contribution in [0.3, 0.4) is 0 Å². The lowest BCUT2D eigenvalue weighted by Gasteiger charge is -1.73. The van der Waals surface area contributed by atoms with E-state index in [0.717, 1.165) is 5.57 Å². The van der Waals surface area contributed by atoms with Crippen LogP contribution in [0.15, 0.2) is 11.8 Å². The molecule has 0 aromatic rings. The minimum atomic E-state index is 0.448. The van der Waals surface area contributed by atoms with E-state index in [1.54, 1.807) is 0 Å². The van der Waals surface area contributed by atoms with Gasteiger partial charge in [-0.05, 0) is 6.92 Å². The zero-order chi connectivity index (χ0) is 5.28. The van der Waals surface area contributed by atoms with Crippen molar-refractivity contribution in [1.29, 1.82) is 0 Å². The normalized spacial score (nSPS) is 19.0. The Morgan fingerprint density at radius 3 is 2.86 bits per heavy atom. The molecule has 1 heterocycles. The molecule has 3 nitrogen and oxygen atoms in total. The highest BCUT2D eigenvalue weighted by atomic mass is 16.8. The summed E-state index contributed by atoms with van der Waals surface area (Å²) in [5.74, 6) is 0. The highest BCUT2D eigenvalue weighted by Crippen LogP contribution is 2.01. The molecule has 0 unspecified atom stereocenters. The van der Waals surface area contributed by atoms with E-state index in [-0.39, 0.29) is 0 Å². The third kappa shape index (κ3) is 0.765. The van der Waals surface area contributed by atoms with Crippen LogP contribution >= 0.6 is 0 Å². The minimum Gasteiger partial charge on any atom is -0.222 e. The molecule has 0 saturated carbocycles. The van der Waals surface area contributed by atoms with Crippen molar-refractivity contribution < 1.29 is 9.76 Å². The van der Waals surface area contributed by atoms with Gasteiger partial charge >= 0.3 is 0 Å². The molecule has 0 atom stereocenters. The van der Waals surface area contributed by atoms with Crippen LogP contribution in [0.5, 0.6) is 0 Å². The molecular weight excluding hydrogens is 94.0 g/mol. The highest BCUT2D eigenvalue weighted by molar-refractivity contribution is 4.93. The summed E-state index contributed by atoms with van der Waals surface area (Å²) in [6.07, 6.45) is 1.42. The maximum absolute atomic E-state index is 10.1. The number of hydrogen-bond donors (Lipinski definition) is 0. The molecule has 38 valence electrons. The maximum Gasteiger partial charge on any atom is 0.284 e. The van der Waals surface area contributed by atoms with E-state index in [1.807, 2.05) is 6.92 Å². The van der Waals surface area contributed by atoms with Gasteiger partial charge in [-0.15, -0.1) is 0 Å². The fourth-order valence-electron chi connectivity index (χ4n) is 0.420. The van der Waals surface area contributed by atoms with Crippen LogP contribution < -0.4 is 0 Å². The van der Waals surface area contributed by atoms with Gasteiger partial charge in [-0.2, -0.15) is 0 Å². The summed E-state index contributed by atoms with van der Waals surface area (Å²) >= 11 is 0. The van der Waals surface area contributed by atoms with Crippen molar-refractivity contribution in [1.82, 2.24) is 0 Å². The molecule has 1 aliphatic rings. The SMILES string of the molecule is CC1=C[N+](=O)OC1. The van der Waals surface area contributed by atoms with E-state index in [2.05, 4.69) is 4.84 Å². The summed E-state index contributed by atoms with van der Waals surface area (Å²) in [6.45, 7) is 2.29. The van der Waals surface area contributed by atoms with Gasteiger partial charge in [-0.3, -0.25) is 0 Å². The summed E-state index contributed by atoms with van der Waals surface area (Å²) < 4.78 is 0. The predicted molar refractivity (Wildman–Crippen MR) is 23.3 cm³/mol.